The molecule has 6 heteroatoms. The molecule has 0 radical (unpaired) electrons. The molecule has 1 N–H and O–H groups in total. The number of amides is 2. The van der Waals surface area contributed by atoms with Crippen molar-refractivity contribution in [1.29, 1.82) is 0 Å². The van der Waals surface area contributed by atoms with Crippen LogP contribution in [0.1, 0.15) is 24.0 Å². The van der Waals surface area contributed by atoms with Crippen molar-refractivity contribution in [2.75, 3.05) is 18.4 Å². The topological polar surface area (TPSA) is 49.4 Å². The molecule has 0 unspecified atom stereocenters. The van der Waals surface area contributed by atoms with Crippen LogP contribution in [0.15, 0.2) is 42.5 Å². The molecule has 2 amide bonds. The van der Waals surface area contributed by atoms with E-state index < -0.39 is 0 Å². The van der Waals surface area contributed by atoms with Gasteiger partial charge in [0.2, 0.25) is 11.8 Å². The van der Waals surface area contributed by atoms with E-state index in [4.69, 9.17) is 11.6 Å². The summed E-state index contributed by atoms with van der Waals surface area (Å²) in [5, 5.41) is 3.55. The molecule has 142 valence electrons. The van der Waals surface area contributed by atoms with E-state index in [1.54, 1.807) is 35.2 Å². The zero-order valence-electron chi connectivity index (χ0n) is 15.2. The van der Waals surface area contributed by atoms with E-state index >= 15 is 0 Å². The molecule has 0 spiro atoms. The predicted octanol–water partition coefficient (Wildman–Crippen LogP) is 4.21. The molecule has 0 saturated carbocycles. The van der Waals surface area contributed by atoms with Crippen molar-refractivity contribution in [2.24, 2.45) is 5.92 Å². The highest BCUT2D eigenvalue weighted by atomic mass is 35.5. The first-order valence-corrected chi connectivity index (χ1v) is 9.40. The van der Waals surface area contributed by atoms with Crippen LogP contribution in [0, 0.1) is 18.7 Å². The Kier molecular flexibility index (Phi) is 6.11. The summed E-state index contributed by atoms with van der Waals surface area (Å²) in [6, 6.07) is 11.7. The largest absolute Gasteiger partial charge is 0.342 e. The summed E-state index contributed by atoms with van der Waals surface area (Å²) < 4.78 is 13.7. The molecule has 27 heavy (non-hydrogen) atoms. The van der Waals surface area contributed by atoms with Gasteiger partial charge in [-0.1, -0.05) is 35.9 Å². The highest BCUT2D eigenvalue weighted by molar-refractivity contribution is 6.31. The molecule has 1 aliphatic rings. The maximum Gasteiger partial charge on any atom is 0.227 e. The van der Waals surface area contributed by atoms with E-state index in [0.29, 0.717) is 42.2 Å². The van der Waals surface area contributed by atoms with Crippen LogP contribution in [0.3, 0.4) is 0 Å². The lowest BCUT2D eigenvalue weighted by atomic mass is 9.95. The second-order valence-electron chi connectivity index (χ2n) is 6.82. The number of halogens is 2. The Labute approximate surface area is 163 Å². The van der Waals surface area contributed by atoms with Crippen molar-refractivity contribution in [2.45, 2.75) is 26.2 Å². The highest BCUT2D eigenvalue weighted by Crippen LogP contribution is 2.25. The minimum absolute atomic E-state index is 0.0469. The zero-order chi connectivity index (χ0) is 19.4. The number of hydrogen-bond acceptors (Lipinski definition) is 2. The lowest BCUT2D eigenvalue weighted by Crippen LogP contribution is -2.42. The number of benzene rings is 2. The second kappa shape index (κ2) is 8.53. The first-order chi connectivity index (χ1) is 13.0. The van der Waals surface area contributed by atoms with Gasteiger partial charge < -0.3 is 10.2 Å². The van der Waals surface area contributed by atoms with Crippen molar-refractivity contribution in [3.05, 3.63) is 64.4 Å². The number of rotatable bonds is 4. The molecule has 1 fully saturated rings. The van der Waals surface area contributed by atoms with Gasteiger partial charge in [-0.05, 0) is 49.1 Å². The maximum absolute atomic E-state index is 13.7. The number of carbonyl (C=O) groups is 2. The van der Waals surface area contributed by atoms with Crippen LogP contribution >= 0.6 is 11.6 Å². The number of carbonyl (C=O) groups excluding carboxylic acids is 2. The number of likely N-dealkylation sites (tertiary alicyclic amines) is 1. The van der Waals surface area contributed by atoms with E-state index in [1.165, 1.54) is 6.07 Å². The average Bonchev–Trinajstić information content (AvgIpc) is 2.67. The lowest BCUT2D eigenvalue weighted by Gasteiger charge is -2.31. The van der Waals surface area contributed by atoms with Crippen molar-refractivity contribution in [1.82, 2.24) is 4.90 Å². The Morgan fingerprint density at radius 1 is 1.15 bits per heavy atom. The first-order valence-electron chi connectivity index (χ1n) is 9.03. The van der Waals surface area contributed by atoms with Crippen LogP contribution in [0.5, 0.6) is 0 Å². The molecule has 0 aliphatic carbocycles. The van der Waals surface area contributed by atoms with E-state index in [2.05, 4.69) is 5.32 Å². The van der Waals surface area contributed by atoms with Gasteiger partial charge in [0, 0.05) is 29.7 Å². The maximum atomic E-state index is 13.7. The monoisotopic (exact) mass is 388 g/mol. The van der Waals surface area contributed by atoms with Crippen molar-refractivity contribution < 1.29 is 14.0 Å². The van der Waals surface area contributed by atoms with E-state index in [1.807, 2.05) is 13.0 Å². The van der Waals surface area contributed by atoms with Crippen LogP contribution in [0.2, 0.25) is 5.02 Å². The Morgan fingerprint density at radius 3 is 2.56 bits per heavy atom. The van der Waals surface area contributed by atoms with E-state index in [-0.39, 0.29) is 30.0 Å². The van der Waals surface area contributed by atoms with Gasteiger partial charge in [-0.3, -0.25) is 9.59 Å². The van der Waals surface area contributed by atoms with Crippen LogP contribution in [0.25, 0.3) is 0 Å². The fourth-order valence-corrected chi connectivity index (χ4v) is 3.46. The third kappa shape index (κ3) is 4.66. The van der Waals surface area contributed by atoms with Crippen molar-refractivity contribution in [3.8, 4) is 0 Å². The van der Waals surface area contributed by atoms with E-state index in [9.17, 15) is 14.0 Å². The van der Waals surface area contributed by atoms with Gasteiger partial charge in [-0.15, -0.1) is 0 Å². The standard InChI is InChI=1S/C21H22ClFN2O2/c1-14-17(22)6-4-8-19(14)24-21(27)15-9-11-25(12-10-15)20(26)13-16-5-2-3-7-18(16)23/h2-8,15H,9-13H2,1H3,(H,24,27). The molecule has 2 aromatic carbocycles. The van der Waals surface area contributed by atoms with Gasteiger partial charge in [0.15, 0.2) is 0 Å². The normalized spacial score (nSPS) is 14.9. The number of piperidine rings is 1. The molecular formula is C21H22ClFN2O2. The smallest absolute Gasteiger partial charge is 0.227 e. The Balaban J connectivity index is 1.54. The average molecular weight is 389 g/mol. The van der Waals surface area contributed by atoms with Gasteiger partial charge in [0.1, 0.15) is 5.82 Å². The zero-order valence-corrected chi connectivity index (χ0v) is 15.9. The Hall–Kier alpha value is -2.40. The number of nitrogens with one attached hydrogen (secondary N) is 1. The fourth-order valence-electron chi connectivity index (χ4n) is 3.29. The Bertz CT molecular complexity index is 848. The number of hydrogen-bond donors (Lipinski definition) is 1. The molecule has 3 rings (SSSR count). The van der Waals surface area contributed by atoms with Gasteiger partial charge in [0.25, 0.3) is 0 Å². The third-order valence-corrected chi connectivity index (χ3v) is 5.45. The molecule has 1 aliphatic heterocycles. The van der Waals surface area contributed by atoms with Gasteiger partial charge in [-0.2, -0.15) is 0 Å². The van der Waals surface area contributed by atoms with Crippen LogP contribution < -0.4 is 5.32 Å². The SMILES string of the molecule is Cc1c(Cl)cccc1NC(=O)C1CCN(C(=O)Cc2ccccc2F)CC1. The summed E-state index contributed by atoms with van der Waals surface area (Å²) in [7, 11) is 0. The molecule has 0 bridgehead atoms. The molecule has 4 nitrogen and oxygen atoms in total. The summed E-state index contributed by atoms with van der Waals surface area (Å²) in [5.74, 6) is -0.677. The molecule has 1 heterocycles. The van der Waals surface area contributed by atoms with Crippen molar-refractivity contribution in [3.63, 3.8) is 0 Å². The first kappa shape index (κ1) is 19.4. The van der Waals surface area contributed by atoms with Crippen LogP contribution in [-0.2, 0) is 16.0 Å². The summed E-state index contributed by atoms with van der Waals surface area (Å²) >= 11 is 6.09. The minimum atomic E-state index is -0.364. The van der Waals surface area contributed by atoms with Gasteiger partial charge in [0.05, 0.1) is 6.42 Å². The summed E-state index contributed by atoms with van der Waals surface area (Å²) in [6.45, 7) is 2.86. The molecule has 0 atom stereocenters. The summed E-state index contributed by atoms with van der Waals surface area (Å²) in [4.78, 5) is 26.7. The third-order valence-electron chi connectivity index (χ3n) is 5.04. The number of anilines is 1. The molecule has 1 saturated heterocycles. The van der Waals surface area contributed by atoms with E-state index in [0.717, 1.165) is 5.56 Å². The van der Waals surface area contributed by atoms with Gasteiger partial charge >= 0.3 is 0 Å². The highest BCUT2D eigenvalue weighted by Gasteiger charge is 2.28. The van der Waals surface area contributed by atoms with Crippen LogP contribution in [0.4, 0.5) is 10.1 Å². The molecule has 2 aromatic rings. The fraction of sp³-hybridized carbons (Fsp3) is 0.333. The quantitative estimate of drug-likeness (QED) is 0.853. The second-order valence-corrected chi connectivity index (χ2v) is 7.23. The number of nitrogens with zero attached hydrogens (tertiary/aromatic N) is 1. The molecular weight excluding hydrogens is 367 g/mol. The van der Waals surface area contributed by atoms with Crippen molar-refractivity contribution >= 4 is 29.1 Å². The predicted molar refractivity (Wildman–Crippen MR) is 104 cm³/mol. The van der Waals surface area contributed by atoms with Crippen LogP contribution in [-0.4, -0.2) is 29.8 Å². The lowest BCUT2D eigenvalue weighted by molar-refractivity contribution is -0.133. The Morgan fingerprint density at radius 2 is 1.85 bits per heavy atom. The van der Waals surface area contributed by atoms with Gasteiger partial charge in [-0.25, -0.2) is 4.39 Å². The minimum Gasteiger partial charge on any atom is -0.342 e. The summed E-state index contributed by atoms with van der Waals surface area (Å²) in [5.41, 5.74) is 1.95. The summed E-state index contributed by atoms with van der Waals surface area (Å²) in [6.07, 6.45) is 1.23. The molecule has 0 aromatic heterocycles.